The maximum Gasteiger partial charge on any atom is 0.239 e. The van der Waals surface area contributed by atoms with Crippen LogP contribution in [0.3, 0.4) is 0 Å². The predicted octanol–water partition coefficient (Wildman–Crippen LogP) is 0.685. The number of carbonyl (C=O) groups is 2. The van der Waals surface area contributed by atoms with Gasteiger partial charge in [-0.3, -0.25) is 9.59 Å². The number of amides is 2. The zero-order valence-corrected chi connectivity index (χ0v) is 13.0. The number of hydrogen-bond acceptors (Lipinski definition) is 3. The van der Waals surface area contributed by atoms with Crippen molar-refractivity contribution in [3.05, 3.63) is 0 Å². The summed E-state index contributed by atoms with van der Waals surface area (Å²) in [6.45, 7) is 9.53. The molecule has 0 bridgehead atoms. The van der Waals surface area contributed by atoms with E-state index in [1.165, 1.54) is 0 Å². The maximum atomic E-state index is 11.7. The van der Waals surface area contributed by atoms with E-state index in [1.54, 1.807) is 0 Å². The summed E-state index contributed by atoms with van der Waals surface area (Å²) >= 11 is 0. The molecule has 19 heavy (non-hydrogen) atoms. The molecule has 0 aromatic carbocycles. The number of piperidine rings is 1. The van der Waals surface area contributed by atoms with E-state index in [0.29, 0.717) is 5.92 Å². The molecule has 2 unspecified atom stereocenters. The van der Waals surface area contributed by atoms with Gasteiger partial charge >= 0.3 is 0 Å². The third-order valence-corrected chi connectivity index (χ3v) is 3.22. The van der Waals surface area contributed by atoms with Gasteiger partial charge in [-0.25, -0.2) is 0 Å². The molecule has 0 radical (unpaired) electrons. The van der Waals surface area contributed by atoms with Crippen molar-refractivity contribution in [1.82, 2.24) is 16.0 Å². The summed E-state index contributed by atoms with van der Waals surface area (Å²) in [7, 11) is 0. The molecule has 1 fully saturated rings. The highest BCUT2D eigenvalue weighted by Crippen LogP contribution is 2.12. The molecule has 2 amide bonds. The third kappa shape index (κ3) is 6.25. The van der Waals surface area contributed by atoms with E-state index in [9.17, 15) is 9.59 Å². The first-order valence-electron chi connectivity index (χ1n) is 6.59. The van der Waals surface area contributed by atoms with Gasteiger partial charge in [0, 0.05) is 11.5 Å². The Morgan fingerprint density at radius 3 is 2.47 bits per heavy atom. The molecular weight excluding hydrogens is 266 g/mol. The number of hydrogen-bond donors (Lipinski definition) is 3. The molecule has 1 heterocycles. The van der Waals surface area contributed by atoms with Gasteiger partial charge in [-0.1, -0.05) is 27.7 Å². The monoisotopic (exact) mass is 291 g/mol. The quantitative estimate of drug-likeness (QED) is 0.716. The second kappa shape index (κ2) is 7.70. The second-order valence-electron chi connectivity index (χ2n) is 6.08. The van der Waals surface area contributed by atoms with E-state index < -0.39 is 5.41 Å². The van der Waals surface area contributed by atoms with Crippen molar-refractivity contribution in [2.75, 3.05) is 19.6 Å². The molecular formula is C13H26ClN3O2. The van der Waals surface area contributed by atoms with Crippen molar-refractivity contribution in [3.8, 4) is 0 Å². The molecule has 0 aliphatic carbocycles. The van der Waals surface area contributed by atoms with Crippen molar-refractivity contribution in [2.24, 2.45) is 11.3 Å². The fraction of sp³-hybridized carbons (Fsp3) is 0.846. The summed E-state index contributed by atoms with van der Waals surface area (Å²) in [6.07, 6.45) is 0.945. The maximum absolute atomic E-state index is 11.7. The Labute approximate surface area is 121 Å². The van der Waals surface area contributed by atoms with Gasteiger partial charge in [0.15, 0.2) is 0 Å². The van der Waals surface area contributed by atoms with Gasteiger partial charge in [0.1, 0.15) is 0 Å². The minimum atomic E-state index is -0.456. The van der Waals surface area contributed by atoms with Crippen LogP contribution in [0, 0.1) is 11.3 Å². The van der Waals surface area contributed by atoms with Gasteiger partial charge in [-0.2, -0.15) is 0 Å². The van der Waals surface area contributed by atoms with Gasteiger partial charge in [-0.05, 0) is 25.4 Å². The Morgan fingerprint density at radius 1 is 1.32 bits per heavy atom. The van der Waals surface area contributed by atoms with Gasteiger partial charge in [0.2, 0.25) is 11.8 Å². The van der Waals surface area contributed by atoms with Gasteiger partial charge in [-0.15, -0.1) is 12.4 Å². The number of halogens is 1. The van der Waals surface area contributed by atoms with Crippen LogP contribution in [0.1, 0.15) is 34.1 Å². The van der Waals surface area contributed by atoms with E-state index in [1.807, 2.05) is 20.8 Å². The average Bonchev–Trinajstić information content (AvgIpc) is 2.27. The Hall–Kier alpha value is -0.810. The van der Waals surface area contributed by atoms with Crippen LogP contribution in [-0.4, -0.2) is 37.5 Å². The largest absolute Gasteiger partial charge is 0.351 e. The topological polar surface area (TPSA) is 70.2 Å². The fourth-order valence-electron chi connectivity index (χ4n) is 1.91. The summed E-state index contributed by atoms with van der Waals surface area (Å²) < 4.78 is 0. The molecule has 2 atom stereocenters. The van der Waals surface area contributed by atoms with Gasteiger partial charge < -0.3 is 16.0 Å². The van der Waals surface area contributed by atoms with Crippen LogP contribution in [0.15, 0.2) is 0 Å². The second-order valence-corrected chi connectivity index (χ2v) is 6.08. The van der Waals surface area contributed by atoms with E-state index >= 15 is 0 Å². The van der Waals surface area contributed by atoms with E-state index in [-0.39, 0.29) is 36.8 Å². The van der Waals surface area contributed by atoms with Crippen LogP contribution in [-0.2, 0) is 9.59 Å². The number of carbonyl (C=O) groups excluding carboxylic acids is 2. The lowest BCUT2D eigenvalue weighted by molar-refractivity contribution is -0.131. The van der Waals surface area contributed by atoms with Gasteiger partial charge in [0.25, 0.3) is 0 Å². The van der Waals surface area contributed by atoms with Crippen molar-refractivity contribution in [1.29, 1.82) is 0 Å². The summed E-state index contributed by atoms with van der Waals surface area (Å²) in [5.74, 6) is 0.225. The molecule has 3 N–H and O–H groups in total. The Balaban J connectivity index is 0.00000324. The first-order chi connectivity index (χ1) is 8.30. The SMILES string of the molecule is CC1CNCCC1NC(=O)CNC(=O)C(C)(C)C.Cl. The molecule has 0 aromatic rings. The van der Waals surface area contributed by atoms with Crippen molar-refractivity contribution >= 4 is 24.2 Å². The van der Waals surface area contributed by atoms with E-state index in [2.05, 4.69) is 22.9 Å². The van der Waals surface area contributed by atoms with Crippen LogP contribution in [0.5, 0.6) is 0 Å². The summed E-state index contributed by atoms with van der Waals surface area (Å²) in [5, 5.41) is 8.93. The summed E-state index contributed by atoms with van der Waals surface area (Å²) in [6, 6.07) is 0.213. The van der Waals surface area contributed by atoms with Crippen LogP contribution < -0.4 is 16.0 Å². The molecule has 5 nitrogen and oxygen atoms in total. The molecule has 1 aliphatic heterocycles. The molecule has 1 saturated heterocycles. The van der Waals surface area contributed by atoms with Crippen molar-refractivity contribution in [3.63, 3.8) is 0 Å². The van der Waals surface area contributed by atoms with E-state index in [0.717, 1.165) is 19.5 Å². The molecule has 1 rings (SSSR count). The summed E-state index contributed by atoms with van der Waals surface area (Å²) in [4.78, 5) is 23.4. The van der Waals surface area contributed by atoms with Crippen molar-refractivity contribution in [2.45, 2.75) is 40.2 Å². The van der Waals surface area contributed by atoms with E-state index in [4.69, 9.17) is 0 Å². The lowest BCUT2D eigenvalue weighted by Crippen LogP contribution is -2.51. The van der Waals surface area contributed by atoms with Crippen molar-refractivity contribution < 1.29 is 9.59 Å². The molecule has 0 aromatic heterocycles. The standard InChI is InChI=1S/C13H25N3O2.ClH/c1-9-7-14-6-5-10(9)16-11(17)8-15-12(18)13(2,3)4;/h9-10,14H,5-8H2,1-4H3,(H,15,18)(H,16,17);1H. The average molecular weight is 292 g/mol. The van der Waals surface area contributed by atoms with Crippen LogP contribution in [0.4, 0.5) is 0 Å². The van der Waals surface area contributed by atoms with Gasteiger partial charge in [0.05, 0.1) is 6.54 Å². The molecule has 0 saturated carbocycles. The Bertz CT molecular complexity index is 316. The summed E-state index contributed by atoms with van der Waals surface area (Å²) in [5.41, 5.74) is -0.456. The Kier molecular flexibility index (Phi) is 7.37. The molecule has 6 heteroatoms. The zero-order chi connectivity index (χ0) is 13.8. The highest BCUT2D eigenvalue weighted by molar-refractivity contribution is 5.87. The molecule has 112 valence electrons. The molecule has 0 spiro atoms. The zero-order valence-electron chi connectivity index (χ0n) is 12.2. The fourth-order valence-corrected chi connectivity index (χ4v) is 1.91. The predicted molar refractivity (Wildman–Crippen MR) is 78.3 cm³/mol. The smallest absolute Gasteiger partial charge is 0.239 e. The normalized spacial score (nSPS) is 23.2. The Morgan fingerprint density at radius 2 is 1.95 bits per heavy atom. The minimum absolute atomic E-state index is 0. The highest BCUT2D eigenvalue weighted by Gasteiger charge is 2.24. The van der Waals surface area contributed by atoms with Crippen LogP contribution >= 0.6 is 12.4 Å². The van der Waals surface area contributed by atoms with Crippen LogP contribution in [0.25, 0.3) is 0 Å². The highest BCUT2D eigenvalue weighted by atomic mass is 35.5. The number of nitrogens with one attached hydrogen (secondary N) is 3. The van der Waals surface area contributed by atoms with Crippen LogP contribution in [0.2, 0.25) is 0 Å². The molecule has 1 aliphatic rings. The lowest BCUT2D eigenvalue weighted by Gasteiger charge is -2.30. The lowest BCUT2D eigenvalue weighted by atomic mass is 9.95. The first kappa shape index (κ1) is 18.2. The first-order valence-corrected chi connectivity index (χ1v) is 6.59. The third-order valence-electron chi connectivity index (χ3n) is 3.22. The number of rotatable bonds is 3. The minimum Gasteiger partial charge on any atom is -0.351 e.